The number of likely N-dealkylation sites (tertiary alicyclic amines) is 1. The predicted molar refractivity (Wildman–Crippen MR) is 75.4 cm³/mol. The Hall–Kier alpha value is -1.29. The van der Waals surface area contributed by atoms with Crippen LogP contribution >= 0.6 is 0 Å². The fourth-order valence-corrected chi connectivity index (χ4v) is 2.69. The van der Waals surface area contributed by atoms with Crippen LogP contribution in [-0.2, 0) is 0 Å². The van der Waals surface area contributed by atoms with E-state index in [1.54, 1.807) is 0 Å². The number of piperidine rings is 1. The quantitative estimate of drug-likeness (QED) is 0.909. The van der Waals surface area contributed by atoms with Gasteiger partial charge in [0.15, 0.2) is 0 Å². The van der Waals surface area contributed by atoms with Crippen molar-refractivity contribution in [3.63, 3.8) is 0 Å². The van der Waals surface area contributed by atoms with Crippen LogP contribution in [0.2, 0.25) is 0 Å². The Bertz CT molecular complexity index is 439. The number of nitrogens with zero attached hydrogens (tertiary/aromatic N) is 1. The average molecular weight is 264 g/mol. The highest BCUT2D eigenvalue weighted by Gasteiger charge is 2.26. The Kier molecular flexibility index (Phi) is 4.64. The molecule has 0 saturated carbocycles. The summed E-state index contributed by atoms with van der Waals surface area (Å²) in [5.41, 5.74) is 0.716. The molecule has 1 amide bonds. The van der Waals surface area contributed by atoms with E-state index in [4.69, 9.17) is 4.42 Å². The summed E-state index contributed by atoms with van der Waals surface area (Å²) in [4.78, 5) is 14.4. The fourth-order valence-electron chi connectivity index (χ4n) is 2.69. The van der Waals surface area contributed by atoms with Gasteiger partial charge in [0.05, 0.1) is 5.56 Å². The average Bonchev–Trinajstić information content (AvgIpc) is 2.75. The highest BCUT2D eigenvalue weighted by Crippen LogP contribution is 2.19. The third-order valence-electron chi connectivity index (χ3n) is 3.66. The van der Waals surface area contributed by atoms with E-state index in [0.29, 0.717) is 11.6 Å². The first kappa shape index (κ1) is 14.1. The first-order valence-electron chi connectivity index (χ1n) is 7.21. The van der Waals surface area contributed by atoms with Crippen LogP contribution in [-0.4, -0.2) is 36.5 Å². The number of nitrogens with one attached hydrogen (secondary N) is 1. The minimum atomic E-state index is 0.109. The lowest BCUT2D eigenvalue weighted by Crippen LogP contribution is -2.48. The molecule has 0 bridgehead atoms. The van der Waals surface area contributed by atoms with Crippen molar-refractivity contribution in [1.29, 1.82) is 0 Å². The molecule has 0 aliphatic carbocycles. The molecule has 0 radical (unpaired) electrons. The highest BCUT2D eigenvalue weighted by molar-refractivity contribution is 5.95. The topological polar surface area (TPSA) is 45.5 Å². The van der Waals surface area contributed by atoms with Crippen LogP contribution in [0.1, 0.15) is 48.1 Å². The number of hydrogen-bond acceptors (Lipinski definition) is 3. The van der Waals surface area contributed by atoms with E-state index in [0.717, 1.165) is 50.4 Å². The lowest BCUT2D eigenvalue weighted by Gasteiger charge is -2.33. The number of rotatable bonds is 4. The molecule has 1 N–H and O–H groups in total. The zero-order chi connectivity index (χ0) is 13.8. The molecule has 1 saturated heterocycles. The summed E-state index contributed by atoms with van der Waals surface area (Å²) in [6, 6.07) is 2.28. The normalized spacial score (nSPS) is 19.7. The zero-order valence-electron chi connectivity index (χ0n) is 12.2. The van der Waals surface area contributed by atoms with Gasteiger partial charge < -0.3 is 14.6 Å². The lowest BCUT2D eigenvalue weighted by atomic mass is 10.0. The van der Waals surface area contributed by atoms with E-state index in [2.05, 4.69) is 12.2 Å². The van der Waals surface area contributed by atoms with Gasteiger partial charge in [-0.2, -0.15) is 0 Å². The molecule has 0 aromatic carbocycles. The number of hydrogen-bond donors (Lipinski definition) is 1. The number of carbonyl (C=O) groups is 1. The van der Waals surface area contributed by atoms with Crippen molar-refractivity contribution in [3.8, 4) is 0 Å². The van der Waals surface area contributed by atoms with Crippen LogP contribution in [0.3, 0.4) is 0 Å². The summed E-state index contributed by atoms with van der Waals surface area (Å²) in [6.07, 6.45) is 3.36. The van der Waals surface area contributed by atoms with Crippen LogP contribution in [0, 0.1) is 13.8 Å². The monoisotopic (exact) mass is 264 g/mol. The number of furan rings is 1. The molecule has 1 unspecified atom stereocenters. The van der Waals surface area contributed by atoms with Crippen molar-refractivity contribution < 1.29 is 9.21 Å². The molecule has 106 valence electrons. The third kappa shape index (κ3) is 3.38. The first-order valence-corrected chi connectivity index (χ1v) is 7.21. The second-order valence-corrected chi connectivity index (χ2v) is 5.37. The van der Waals surface area contributed by atoms with Crippen LogP contribution in [0.4, 0.5) is 0 Å². The van der Waals surface area contributed by atoms with E-state index in [-0.39, 0.29) is 5.91 Å². The second kappa shape index (κ2) is 6.24. The minimum absolute atomic E-state index is 0.109. The molecule has 4 heteroatoms. The SMILES string of the molecule is CCCNC1CCCN(C(=O)c2cc(C)oc2C)C1. The molecule has 1 atom stereocenters. The molecule has 1 aromatic rings. The molecule has 1 aromatic heterocycles. The minimum Gasteiger partial charge on any atom is -0.466 e. The lowest BCUT2D eigenvalue weighted by molar-refractivity contribution is 0.0693. The summed E-state index contributed by atoms with van der Waals surface area (Å²) < 4.78 is 5.46. The maximum atomic E-state index is 12.5. The second-order valence-electron chi connectivity index (χ2n) is 5.37. The Morgan fingerprint density at radius 1 is 1.53 bits per heavy atom. The van der Waals surface area contributed by atoms with E-state index >= 15 is 0 Å². The Morgan fingerprint density at radius 3 is 2.95 bits per heavy atom. The molecular formula is C15H24N2O2. The van der Waals surface area contributed by atoms with Gasteiger partial charge in [-0.15, -0.1) is 0 Å². The van der Waals surface area contributed by atoms with Gasteiger partial charge in [0, 0.05) is 19.1 Å². The van der Waals surface area contributed by atoms with Crippen LogP contribution in [0.5, 0.6) is 0 Å². The molecule has 1 aliphatic rings. The van der Waals surface area contributed by atoms with Crippen LogP contribution in [0.25, 0.3) is 0 Å². The molecule has 1 fully saturated rings. The molecule has 2 heterocycles. The van der Waals surface area contributed by atoms with E-state index in [9.17, 15) is 4.79 Å². The first-order chi connectivity index (χ1) is 9.11. The van der Waals surface area contributed by atoms with Crippen molar-refractivity contribution in [2.24, 2.45) is 0 Å². The van der Waals surface area contributed by atoms with E-state index < -0.39 is 0 Å². The Labute approximate surface area is 115 Å². The molecule has 2 rings (SSSR count). The highest BCUT2D eigenvalue weighted by atomic mass is 16.3. The summed E-state index contributed by atoms with van der Waals surface area (Å²) in [7, 11) is 0. The van der Waals surface area contributed by atoms with Gasteiger partial charge in [0.1, 0.15) is 11.5 Å². The van der Waals surface area contributed by atoms with Crippen molar-refractivity contribution in [2.45, 2.75) is 46.1 Å². The van der Waals surface area contributed by atoms with Crippen molar-refractivity contribution >= 4 is 5.91 Å². The molecule has 19 heavy (non-hydrogen) atoms. The fraction of sp³-hybridized carbons (Fsp3) is 0.667. The molecule has 1 aliphatic heterocycles. The van der Waals surface area contributed by atoms with Crippen LogP contribution < -0.4 is 5.32 Å². The third-order valence-corrected chi connectivity index (χ3v) is 3.66. The van der Waals surface area contributed by atoms with E-state index in [1.807, 2.05) is 24.8 Å². The summed E-state index contributed by atoms with van der Waals surface area (Å²) in [6.45, 7) is 8.59. The predicted octanol–water partition coefficient (Wildman–Crippen LogP) is 2.50. The van der Waals surface area contributed by atoms with Gasteiger partial charge >= 0.3 is 0 Å². The number of carbonyl (C=O) groups excluding carboxylic acids is 1. The van der Waals surface area contributed by atoms with Gasteiger partial charge in [-0.3, -0.25) is 4.79 Å². The molecule has 0 spiro atoms. The molecular weight excluding hydrogens is 240 g/mol. The van der Waals surface area contributed by atoms with Crippen molar-refractivity contribution in [1.82, 2.24) is 10.2 Å². The number of amides is 1. The largest absolute Gasteiger partial charge is 0.466 e. The van der Waals surface area contributed by atoms with E-state index in [1.165, 1.54) is 0 Å². The number of aryl methyl sites for hydroxylation is 2. The zero-order valence-corrected chi connectivity index (χ0v) is 12.2. The Balaban J connectivity index is 2.01. The van der Waals surface area contributed by atoms with Crippen molar-refractivity contribution in [2.75, 3.05) is 19.6 Å². The van der Waals surface area contributed by atoms with Crippen molar-refractivity contribution in [3.05, 3.63) is 23.2 Å². The maximum absolute atomic E-state index is 12.5. The standard InChI is InChI=1S/C15H24N2O2/c1-4-7-16-13-6-5-8-17(10-13)15(18)14-9-11(2)19-12(14)3/h9,13,16H,4-8,10H2,1-3H3. The maximum Gasteiger partial charge on any atom is 0.257 e. The van der Waals surface area contributed by atoms with Gasteiger partial charge in [-0.1, -0.05) is 6.92 Å². The smallest absolute Gasteiger partial charge is 0.257 e. The van der Waals surface area contributed by atoms with Gasteiger partial charge in [-0.25, -0.2) is 0 Å². The van der Waals surface area contributed by atoms with Gasteiger partial charge in [0.25, 0.3) is 5.91 Å². The summed E-state index contributed by atoms with van der Waals surface area (Å²) >= 11 is 0. The molecule has 4 nitrogen and oxygen atoms in total. The summed E-state index contributed by atoms with van der Waals surface area (Å²) in [5.74, 6) is 1.64. The Morgan fingerprint density at radius 2 is 2.32 bits per heavy atom. The van der Waals surface area contributed by atoms with Gasteiger partial charge in [-0.05, 0) is 45.7 Å². The summed E-state index contributed by atoms with van der Waals surface area (Å²) in [5, 5.41) is 3.51. The van der Waals surface area contributed by atoms with Gasteiger partial charge in [0.2, 0.25) is 0 Å². The van der Waals surface area contributed by atoms with Crippen LogP contribution in [0.15, 0.2) is 10.5 Å².